The summed E-state index contributed by atoms with van der Waals surface area (Å²) in [5.74, 6) is 1.88. The van der Waals surface area contributed by atoms with Gasteiger partial charge < -0.3 is 0 Å². The van der Waals surface area contributed by atoms with Crippen LogP contribution in [0.5, 0.6) is 0 Å². The molecule has 0 saturated heterocycles. The third kappa shape index (κ3) is 5.59. The van der Waals surface area contributed by atoms with Crippen LogP contribution in [0.2, 0.25) is 0 Å². The van der Waals surface area contributed by atoms with Crippen LogP contribution in [0.15, 0.2) is 182 Å². The average Bonchev–Trinajstić information content (AvgIpc) is 3.21. The number of hydrogen-bond donors (Lipinski definition) is 0. The molecule has 7 aromatic carbocycles. The standard InChI is InChI=1S/C46H30N4/c1-4-13-31(14-5-1)37-20-12-21-38(29-37)46-49-44(35-18-8-3-9-19-35)48-45(50-46)36-25-23-34(24-26-36)42-30-40(32-15-6-2-7-16-32)43-39-22-11-10-17-33(39)27-28-41(43)47-42/h1-30H. The predicted octanol–water partition coefficient (Wildman–Crippen LogP) is 11.6. The summed E-state index contributed by atoms with van der Waals surface area (Å²) < 4.78 is 0. The van der Waals surface area contributed by atoms with Crippen molar-refractivity contribution in [2.24, 2.45) is 0 Å². The maximum Gasteiger partial charge on any atom is 0.164 e. The van der Waals surface area contributed by atoms with Crippen molar-refractivity contribution in [2.45, 2.75) is 0 Å². The van der Waals surface area contributed by atoms with E-state index in [1.54, 1.807) is 0 Å². The molecular formula is C46H30N4. The van der Waals surface area contributed by atoms with E-state index in [4.69, 9.17) is 19.9 Å². The number of nitrogens with zero attached hydrogens (tertiary/aromatic N) is 4. The van der Waals surface area contributed by atoms with Crippen LogP contribution in [0.4, 0.5) is 0 Å². The van der Waals surface area contributed by atoms with Crippen molar-refractivity contribution < 1.29 is 0 Å². The zero-order valence-corrected chi connectivity index (χ0v) is 27.1. The Kier molecular flexibility index (Phi) is 7.45. The van der Waals surface area contributed by atoms with E-state index in [1.165, 1.54) is 16.3 Å². The summed E-state index contributed by atoms with van der Waals surface area (Å²) in [4.78, 5) is 20.1. The minimum absolute atomic E-state index is 0.619. The Morgan fingerprint density at radius 1 is 0.300 bits per heavy atom. The fraction of sp³-hybridized carbons (Fsp3) is 0. The molecule has 9 rings (SSSR count). The Morgan fingerprint density at radius 3 is 1.52 bits per heavy atom. The van der Waals surface area contributed by atoms with Gasteiger partial charge in [-0.15, -0.1) is 0 Å². The molecule has 0 aliphatic carbocycles. The molecule has 0 saturated carbocycles. The summed E-state index contributed by atoms with van der Waals surface area (Å²) in [6.07, 6.45) is 0. The molecular weight excluding hydrogens is 609 g/mol. The SMILES string of the molecule is c1ccc(-c2cccc(-c3nc(-c4ccccc4)nc(-c4ccc(-c5cc(-c6ccccc6)c6c(ccc7ccccc76)n5)cc4)n3)c2)cc1. The second-order valence-electron chi connectivity index (χ2n) is 12.3. The first-order valence-corrected chi connectivity index (χ1v) is 16.7. The van der Waals surface area contributed by atoms with Crippen LogP contribution in [0.1, 0.15) is 0 Å². The van der Waals surface area contributed by atoms with Gasteiger partial charge in [0.1, 0.15) is 0 Å². The van der Waals surface area contributed by atoms with E-state index in [0.29, 0.717) is 17.5 Å². The minimum Gasteiger partial charge on any atom is -0.248 e. The third-order valence-corrected chi connectivity index (χ3v) is 9.12. The molecule has 0 spiro atoms. The minimum atomic E-state index is 0.619. The summed E-state index contributed by atoms with van der Waals surface area (Å²) in [6.45, 7) is 0. The average molecular weight is 639 g/mol. The lowest BCUT2D eigenvalue weighted by atomic mass is 9.94. The normalized spacial score (nSPS) is 11.2. The molecule has 0 atom stereocenters. The van der Waals surface area contributed by atoms with Crippen LogP contribution >= 0.6 is 0 Å². The van der Waals surface area contributed by atoms with E-state index in [2.05, 4.69) is 146 Å². The molecule has 0 N–H and O–H groups in total. The van der Waals surface area contributed by atoms with Crippen LogP contribution in [-0.2, 0) is 0 Å². The van der Waals surface area contributed by atoms with Gasteiger partial charge in [0.25, 0.3) is 0 Å². The first kappa shape index (κ1) is 29.4. The van der Waals surface area contributed by atoms with Gasteiger partial charge in [-0.1, -0.05) is 164 Å². The van der Waals surface area contributed by atoms with Crippen LogP contribution in [-0.4, -0.2) is 19.9 Å². The van der Waals surface area contributed by atoms with Crippen molar-refractivity contribution in [3.8, 4) is 67.7 Å². The molecule has 0 amide bonds. The molecule has 4 nitrogen and oxygen atoms in total. The first-order chi connectivity index (χ1) is 24.8. The largest absolute Gasteiger partial charge is 0.248 e. The van der Waals surface area contributed by atoms with E-state index >= 15 is 0 Å². The molecule has 0 aliphatic rings. The summed E-state index contributed by atoms with van der Waals surface area (Å²) in [6, 6.07) is 62.8. The highest BCUT2D eigenvalue weighted by Crippen LogP contribution is 2.37. The fourth-order valence-electron chi connectivity index (χ4n) is 6.61. The molecule has 0 radical (unpaired) electrons. The lowest BCUT2D eigenvalue weighted by molar-refractivity contribution is 1.07. The van der Waals surface area contributed by atoms with Crippen LogP contribution in [0.3, 0.4) is 0 Å². The number of pyridine rings is 1. The van der Waals surface area contributed by atoms with E-state index in [0.717, 1.165) is 55.5 Å². The maximum absolute atomic E-state index is 5.18. The zero-order valence-electron chi connectivity index (χ0n) is 27.1. The van der Waals surface area contributed by atoms with Gasteiger partial charge in [0, 0.05) is 27.6 Å². The van der Waals surface area contributed by atoms with E-state index in [1.807, 2.05) is 36.4 Å². The highest BCUT2D eigenvalue weighted by molar-refractivity contribution is 6.13. The molecule has 50 heavy (non-hydrogen) atoms. The fourth-order valence-corrected chi connectivity index (χ4v) is 6.61. The zero-order chi connectivity index (χ0) is 33.3. The van der Waals surface area contributed by atoms with Crippen molar-refractivity contribution >= 4 is 21.7 Å². The van der Waals surface area contributed by atoms with Crippen molar-refractivity contribution in [1.29, 1.82) is 0 Å². The van der Waals surface area contributed by atoms with Gasteiger partial charge in [-0.2, -0.15) is 0 Å². The van der Waals surface area contributed by atoms with Gasteiger partial charge in [-0.3, -0.25) is 0 Å². The predicted molar refractivity (Wildman–Crippen MR) is 205 cm³/mol. The Hall–Kier alpha value is -6.78. The van der Waals surface area contributed by atoms with E-state index in [9.17, 15) is 0 Å². The topological polar surface area (TPSA) is 51.6 Å². The third-order valence-electron chi connectivity index (χ3n) is 9.12. The van der Waals surface area contributed by atoms with Gasteiger partial charge in [-0.05, 0) is 51.2 Å². The number of hydrogen-bond acceptors (Lipinski definition) is 4. The van der Waals surface area contributed by atoms with Gasteiger partial charge in [0.05, 0.1) is 11.2 Å². The van der Waals surface area contributed by atoms with Gasteiger partial charge in [0.15, 0.2) is 17.5 Å². The number of aromatic nitrogens is 4. The Labute approximate surface area is 290 Å². The van der Waals surface area contributed by atoms with E-state index < -0.39 is 0 Å². The monoisotopic (exact) mass is 638 g/mol. The number of fused-ring (bicyclic) bond motifs is 3. The van der Waals surface area contributed by atoms with Crippen LogP contribution in [0, 0.1) is 0 Å². The molecule has 9 aromatic rings. The molecule has 4 heteroatoms. The summed E-state index contributed by atoms with van der Waals surface area (Å²) in [5.41, 5.74) is 10.3. The van der Waals surface area contributed by atoms with Gasteiger partial charge in [-0.25, -0.2) is 19.9 Å². The molecule has 2 aromatic heterocycles. The Morgan fingerprint density at radius 2 is 0.820 bits per heavy atom. The molecule has 0 bridgehead atoms. The van der Waals surface area contributed by atoms with E-state index in [-0.39, 0.29) is 0 Å². The molecule has 0 fully saturated rings. The smallest absolute Gasteiger partial charge is 0.164 e. The number of rotatable bonds is 6. The van der Waals surface area contributed by atoms with Crippen molar-refractivity contribution in [2.75, 3.05) is 0 Å². The molecule has 234 valence electrons. The highest BCUT2D eigenvalue weighted by atomic mass is 15.0. The summed E-state index contributed by atoms with van der Waals surface area (Å²) >= 11 is 0. The quantitative estimate of drug-likeness (QED) is 0.170. The maximum atomic E-state index is 5.18. The Balaban J connectivity index is 1.15. The molecule has 0 aliphatic heterocycles. The molecule has 0 unspecified atom stereocenters. The van der Waals surface area contributed by atoms with Crippen LogP contribution < -0.4 is 0 Å². The van der Waals surface area contributed by atoms with Gasteiger partial charge >= 0.3 is 0 Å². The second kappa shape index (κ2) is 12.7. The summed E-state index contributed by atoms with van der Waals surface area (Å²) in [7, 11) is 0. The second-order valence-corrected chi connectivity index (χ2v) is 12.3. The summed E-state index contributed by atoms with van der Waals surface area (Å²) in [5, 5.41) is 3.57. The van der Waals surface area contributed by atoms with Crippen molar-refractivity contribution in [1.82, 2.24) is 19.9 Å². The lowest BCUT2D eigenvalue weighted by Gasteiger charge is -2.13. The van der Waals surface area contributed by atoms with Crippen molar-refractivity contribution in [3.63, 3.8) is 0 Å². The lowest BCUT2D eigenvalue weighted by Crippen LogP contribution is -2.00. The number of benzene rings is 7. The van der Waals surface area contributed by atoms with Crippen LogP contribution in [0.25, 0.3) is 89.4 Å². The van der Waals surface area contributed by atoms with Crippen molar-refractivity contribution in [3.05, 3.63) is 182 Å². The van der Waals surface area contributed by atoms with Gasteiger partial charge in [0.2, 0.25) is 0 Å². The first-order valence-electron chi connectivity index (χ1n) is 16.7. The highest BCUT2D eigenvalue weighted by Gasteiger charge is 2.15. The molecule has 2 heterocycles. The Bertz CT molecular complexity index is 2620.